The van der Waals surface area contributed by atoms with Crippen molar-refractivity contribution in [3.8, 4) is 22.8 Å². The van der Waals surface area contributed by atoms with E-state index in [2.05, 4.69) is 93.2 Å². The van der Waals surface area contributed by atoms with Gasteiger partial charge in [0.15, 0.2) is 17.5 Å². The van der Waals surface area contributed by atoms with Crippen LogP contribution in [0.3, 0.4) is 0 Å². The Labute approximate surface area is 270 Å². The number of aryl methyl sites for hydroxylation is 1. The lowest BCUT2D eigenvalue weighted by atomic mass is 9.82. The molecule has 220 valence electrons. The molecule has 1 aliphatic rings. The van der Waals surface area contributed by atoms with Crippen molar-refractivity contribution in [2.75, 3.05) is 0 Å². The molecule has 0 N–H and O–H groups in total. The molecule has 0 amide bonds. The summed E-state index contributed by atoms with van der Waals surface area (Å²) < 4.78 is 0. The Hall–Kier alpha value is -5.93. The number of hydrogen-bond donors (Lipinski definition) is 0. The van der Waals surface area contributed by atoms with E-state index in [9.17, 15) is 0 Å². The van der Waals surface area contributed by atoms with Crippen LogP contribution in [0.2, 0.25) is 0 Å². The Morgan fingerprint density at radius 3 is 1.63 bits per heavy atom. The molecule has 0 radical (unpaired) electrons. The lowest BCUT2D eigenvalue weighted by Gasteiger charge is -2.23. The van der Waals surface area contributed by atoms with Crippen molar-refractivity contribution in [1.29, 1.82) is 0 Å². The fourth-order valence-electron chi connectivity index (χ4n) is 5.96. The van der Waals surface area contributed by atoms with Crippen molar-refractivity contribution in [2.45, 2.75) is 13.8 Å². The van der Waals surface area contributed by atoms with Crippen molar-refractivity contribution in [1.82, 2.24) is 15.0 Å². The Morgan fingerprint density at radius 1 is 0.522 bits per heavy atom. The minimum Gasteiger partial charge on any atom is -0.208 e. The third-order valence-corrected chi connectivity index (χ3v) is 8.50. The van der Waals surface area contributed by atoms with Gasteiger partial charge in [-0.3, -0.25) is 0 Å². The summed E-state index contributed by atoms with van der Waals surface area (Å²) in [4.78, 5) is 14.7. The highest BCUT2D eigenvalue weighted by molar-refractivity contribution is 6.16. The molecule has 0 aliphatic heterocycles. The summed E-state index contributed by atoms with van der Waals surface area (Å²) in [7, 11) is 0. The Bertz CT molecular complexity index is 2220. The number of benzene rings is 6. The summed E-state index contributed by atoms with van der Waals surface area (Å²) in [6.07, 6.45) is 4.10. The monoisotopic (exact) mass is 591 g/mol. The fraction of sp³-hybridized carbons (Fsp3) is 0.0465. The van der Waals surface area contributed by atoms with Crippen LogP contribution in [0.5, 0.6) is 0 Å². The van der Waals surface area contributed by atoms with Crippen molar-refractivity contribution >= 4 is 38.8 Å². The van der Waals surface area contributed by atoms with Crippen LogP contribution in [-0.4, -0.2) is 15.0 Å². The molecule has 1 aromatic heterocycles. The zero-order valence-electron chi connectivity index (χ0n) is 26.0. The van der Waals surface area contributed by atoms with Gasteiger partial charge in [-0.25, -0.2) is 15.0 Å². The largest absolute Gasteiger partial charge is 0.208 e. The summed E-state index contributed by atoms with van der Waals surface area (Å²) in [5.74, 6) is 2.07. The first-order valence-electron chi connectivity index (χ1n) is 15.5. The number of fused-ring (bicyclic) bond motifs is 3. The molecule has 46 heavy (non-hydrogen) atoms. The zero-order valence-corrected chi connectivity index (χ0v) is 26.0. The number of allylic oxidation sites excluding steroid dienone is 4. The first-order valence-corrected chi connectivity index (χ1v) is 15.5. The van der Waals surface area contributed by atoms with Gasteiger partial charge in [-0.2, -0.15) is 0 Å². The second-order valence-corrected chi connectivity index (χ2v) is 11.4. The highest BCUT2D eigenvalue weighted by Crippen LogP contribution is 2.43. The van der Waals surface area contributed by atoms with E-state index in [0.29, 0.717) is 17.5 Å². The van der Waals surface area contributed by atoms with Gasteiger partial charge in [0.25, 0.3) is 0 Å². The smallest absolute Gasteiger partial charge is 0.164 e. The molecule has 0 atom stereocenters. The van der Waals surface area contributed by atoms with Gasteiger partial charge in [0.1, 0.15) is 0 Å². The average molecular weight is 592 g/mol. The maximum absolute atomic E-state index is 4.92. The van der Waals surface area contributed by atoms with Crippen LogP contribution in [0.1, 0.15) is 29.4 Å². The predicted molar refractivity (Wildman–Crippen MR) is 194 cm³/mol. The number of hydrogen-bond acceptors (Lipinski definition) is 3. The summed E-state index contributed by atoms with van der Waals surface area (Å²) in [5.41, 5.74) is 9.20. The second kappa shape index (κ2) is 12.6. The molecule has 1 heterocycles. The summed E-state index contributed by atoms with van der Waals surface area (Å²) in [5, 5.41) is 5.06. The van der Waals surface area contributed by atoms with Crippen molar-refractivity contribution in [3.05, 3.63) is 180 Å². The lowest BCUT2D eigenvalue weighted by molar-refractivity contribution is 1.03. The third kappa shape index (κ3) is 5.55. The van der Waals surface area contributed by atoms with Crippen LogP contribution in [-0.2, 0) is 0 Å². The summed E-state index contributed by atoms with van der Waals surface area (Å²) in [6, 6.07) is 48.0. The number of rotatable bonds is 5. The average Bonchev–Trinajstić information content (AvgIpc) is 3.12. The molecule has 0 unspecified atom stereocenters. The van der Waals surface area contributed by atoms with Gasteiger partial charge in [-0.05, 0) is 75.4 Å². The Morgan fingerprint density at radius 2 is 1.04 bits per heavy atom. The van der Waals surface area contributed by atoms with E-state index in [1.54, 1.807) is 0 Å². The van der Waals surface area contributed by atoms with E-state index >= 15 is 0 Å². The molecule has 3 nitrogen and oxygen atoms in total. The first-order chi connectivity index (χ1) is 22.6. The minimum absolute atomic E-state index is 0.683. The molecule has 3 heteroatoms. The van der Waals surface area contributed by atoms with Gasteiger partial charge in [-0.1, -0.05) is 146 Å². The van der Waals surface area contributed by atoms with Crippen LogP contribution < -0.4 is 0 Å². The van der Waals surface area contributed by atoms with E-state index in [1.807, 2.05) is 78.9 Å². The van der Waals surface area contributed by atoms with Crippen LogP contribution in [0.15, 0.2) is 158 Å². The SMILES string of the molecule is C=Cc1ccccc1C.CC1=C(c2cc3ccccc3c3ccccc23)C=C1c1nc(-c2ccccc2)nc(-c2ccccc2)n1. The van der Waals surface area contributed by atoms with E-state index in [4.69, 9.17) is 15.0 Å². The minimum atomic E-state index is 0.683. The number of nitrogens with zero attached hydrogens (tertiary/aromatic N) is 3. The van der Waals surface area contributed by atoms with Gasteiger partial charge in [-0.15, -0.1) is 0 Å². The Kier molecular flexibility index (Phi) is 7.89. The highest BCUT2D eigenvalue weighted by atomic mass is 15.0. The molecule has 0 bridgehead atoms. The van der Waals surface area contributed by atoms with Crippen molar-refractivity contribution in [3.63, 3.8) is 0 Å². The molecule has 7 aromatic rings. The standard InChI is InChI=1S/C34H23N3.C9H10/c1-22-29(31-20-25-16-8-9-17-26(25)27-18-10-11-19-28(27)31)21-30(22)34-36-32(23-12-4-2-5-13-23)35-33(37-34)24-14-6-3-7-15-24;1-3-9-7-5-4-6-8(9)2/h2-21H,1H3;3-7H,1H2,2H3. The van der Waals surface area contributed by atoms with Crippen LogP contribution in [0.4, 0.5) is 0 Å². The molecular formula is C43H33N3. The van der Waals surface area contributed by atoms with E-state index in [-0.39, 0.29) is 0 Å². The first kappa shape index (κ1) is 28.8. The molecule has 8 rings (SSSR count). The second-order valence-electron chi connectivity index (χ2n) is 11.4. The van der Waals surface area contributed by atoms with E-state index < -0.39 is 0 Å². The zero-order chi connectivity index (χ0) is 31.5. The van der Waals surface area contributed by atoms with E-state index in [1.165, 1.54) is 49.4 Å². The molecule has 0 saturated heterocycles. The molecule has 0 fully saturated rings. The topological polar surface area (TPSA) is 38.7 Å². The fourth-order valence-corrected chi connectivity index (χ4v) is 5.96. The van der Waals surface area contributed by atoms with Crippen LogP contribution in [0.25, 0.3) is 61.5 Å². The Balaban J connectivity index is 0.000000326. The normalized spacial score (nSPS) is 12.3. The molecule has 0 spiro atoms. The van der Waals surface area contributed by atoms with Gasteiger partial charge >= 0.3 is 0 Å². The predicted octanol–water partition coefficient (Wildman–Crippen LogP) is 11.0. The van der Waals surface area contributed by atoms with Gasteiger partial charge in [0.05, 0.1) is 0 Å². The van der Waals surface area contributed by atoms with Crippen molar-refractivity contribution in [2.24, 2.45) is 0 Å². The highest BCUT2D eigenvalue weighted by Gasteiger charge is 2.24. The maximum atomic E-state index is 4.92. The molecule has 6 aromatic carbocycles. The number of aromatic nitrogens is 3. The van der Waals surface area contributed by atoms with Crippen LogP contribution >= 0.6 is 0 Å². The van der Waals surface area contributed by atoms with Crippen LogP contribution in [0, 0.1) is 6.92 Å². The molecule has 1 aliphatic carbocycles. The van der Waals surface area contributed by atoms with E-state index in [0.717, 1.165) is 16.7 Å². The maximum Gasteiger partial charge on any atom is 0.164 e. The summed E-state index contributed by atoms with van der Waals surface area (Å²) >= 11 is 0. The summed E-state index contributed by atoms with van der Waals surface area (Å²) in [6.45, 7) is 7.94. The molecular weight excluding hydrogens is 558 g/mol. The quantitative estimate of drug-likeness (QED) is 0.187. The van der Waals surface area contributed by atoms with Crippen molar-refractivity contribution < 1.29 is 0 Å². The third-order valence-electron chi connectivity index (χ3n) is 8.50. The molecule has 0 saturated carbocycles. The van der Waals surface area contributed by atoms with Gasteiger partial charge in [0.2, 0.25) is 0 Å². The van der Waals surface area contributed by atoms with Gasteiger partial charge in [0, 0.05) is 16.7 Å². The van der Waals surface area contributed by atoms with Gasteiger partial charge < -0.3 is 0 Å². The lowest BCUT2D eigenvalue weighted by Crippen LogP contribution is -2.08.